The average molecular weight is 269 g/mol. The zero-order chi connectivity index (χ0) is 13.0. The highest BCUT2D eigenvalue weighted by molar-refractivity contribution is 7.14. The Bertz CT molecular complexity index is 446. The third kappa shape index (κ3) is 3.05. The summed E-state index contributed by atoms with van der Waals surface area (Å²) < 4.78 is 0. The maximum Gasteiger partial charge on any atom is 0.249 e. The van der Waals surface area contributed by atoms with Gasteiger partial charge in [0, 0.05) is 18.3 Å². The molecule has 2 amide bonds. The van der Waals surface area contributed by atoms with Crippen LogP contribution < -0.4 is 10.4 Å². The molecular weight excluding hydrogens is 254 g/mol. The summed E-state index contributed by atoms with van der Waals surface area (Å²) in [5.74, 6) is -0.129. The normalized spacial score (nSPS) is 15.2. The maximum atomic E-state index is 11.5. The second-order valence-corrected chi connectivity index (χ2v) is 4.74. The third-order valence-electron chi connectivity index (χ3n) is 2.52. The number of carbonyl (C=O) groups excluding carboxylic acids is 2. The van der Waals surface area contributed by atoms with Crippen LogP contribution in [0.4, 0.5) is 5.13 Å². The fourth-order valence-corrected chi connectivity index (χ4v) is 2.57. The van der Waals surface area contributed by atoms with E-state index in [1.807, 2.05) is 0 Å². The fraction of sp³-hybridized carbons (Fsp3) is 0.545. The molecule has 18 heavy (non-hydrogen) atoms. The molecule has 0 aromatic carbocycles. The summed E-state index contributed by atoms with van der Waals surface area (Å²) in [7, 11) is 0. The highest BCUT2D eigenvalue weighted by Crippen LogP contribution is 2.25. The largest absolute Gasteiger partial charge is 0.288 e. The Kier molecular flexibility index (Phi) is 4.27. The van der Waals surface area contributed by atoms with Gasteiger partial charge >= 0.3 is 0 Å². The standard InChI is InChI=1S/C11H15N3O3S/c1-2-17-13-9(15)6-8-7-18-11(12-8)14-5-3-4-10(14)16/h7H,2-6H2,1H3,(H,13,15). The Morgan fingerprint density at radius 3 is 3.17 bits per heavy atom. The molecule has 1 aromatic rings. The van der Waals surface area contributed by atoms with Gasteiger partial charge in [0.15, 0.2) is 5.13 Å². The minimum Gasteiger partial charge on any atom is -0.288 e. The Labute approximate surface area is 109 Å². The van der Waals surface area contributed by atoms with Crippen molar-refractivity contribution in [3.05, 3.63) is 11.1 Å². The molecule has 1 N–H and O–H groups in total. The second-order valence-electron chi connectivity index (χ2n) is 3.91. The predicted octanol–water partition coefficient (Wildman–Crippen LogP) is 0.880. The number of aromatic nitrogens is 1. The molecule has 0 aliphatic carbocycles. The van der Waals surface area contributed by atoms with Crippen molar-refractivity contribution in [2.75, 3.05) is 18.1 Å². The van der Waals surface area contributed by atoms with E-state index in [0.717, 1.165) is 13.0 Å². The van der Waals surface area contributed by atoms with Gasteiger partial charge in [0.1, 0.15) is 0 Å². The van der Waals surface area contributed by atoms with Crippen molar-refractivity contribution in [3.63, 3.8) is 0 Å². The number of rotatable bonds is 5. The maximum absolute atomic E-state index is 11.5. The third-order valence-corrected chi connectivity index (χ3v) is 3.43. The predicted molar refractivity (Wildman–Crippen MR) is 67.2 cm³/mol. The minimum absolute atomic E-state index is 0.106. The van der Waals surface area contributed by atoms with E-state index < -0.39 is 0 Å². The van der Waals surface area contributed by atoms with Gasteiger partial charge in [-0.2, -0.15) is 0 Å². The first-order valence-electron chi connectivity index (χ1n) is 5.86. The average Bonchev–Trinajstić information content (AvgIpc) is 2.95. The van der Waals surface area contributed by atoms with Gasteiger partial charge in [0.2, 0.25) is 11.8 Å². The lowest BCUT2D eigenvalue weighted by atomic mass is 10.3. The number of hydroxylamine groups is 1. The zero-order valence-electron chi connectivity index (χ0n) is 10.1. The number of nitrogens with zero attached hydrogens (tertiary/aromatic N) is 2. The number of anilines is 1. The summed E-state index contributed by atoms with van der Waals surface area (Å²) in [6, 6.07) is 0. The first-order chi connectivity index (χ1) is 8.70. The number of hydrogen-bond donors (Lipinski definition) is 1. The topological polar surface area (TPSA) is 71.5 Å². The van der Waals surface area contributed by atoms with Crippen LogP contribution >= 0.6 is 11.3 Å². The molecule has 98 valence electrons. The van der Waals surface area contributed by atoms with Crippen LogP contribution in [0, 0.1) is 0 Å². The first-order valence-corrected chi connectivity index (χ1v) is 6.74. The second kappa shape index (κ2) is 5.92. The van der Waals surface area contributed by atoms with E-state index in [2.05, 4.69) is 10.5 Å². The summed E-state index contributed by atoms with van der Waals surface area (Å²) in [5, 5.41) is 2.48. The molecule has 1 aliphatic rings. The van der Waals surface area contributed by atoms with Crippen molar-refractivity contribution in [1.82, 2.24) is 10.5 Å². The van der Waals surface area contributed by atoms with Crippen LogP contribution in [-0.4, -0.2) is 29.9 Å². The number of nitrogens with one attached hydrogen (secondary N) is 1. The fourth-order valence-electron chi connectivity index (χ4n) is 1.71. The van der Waals surface area contributed by atoms with Gasteiger partial charge in [-0.1, -0.05) is 0 Å². The van der Waals surface area contributed by atoms with Crippen LogP contribution in [-0.2, 0) is 20.8 Å². The smallest absolute Gasteiger partial charge is 0.249 e. The van der Waals surface area contributed by atoms with Crippen LogP contribution in [0.15, 0.2) is 5.38 Å². The summed E-state index contributed by atoms with van der Waals surface area (Å²) in [5.41, 5.74) is 2.97. The van der Waals surface area contributed by atoms with E-state index in [4.69, 9.17) is 4.84 Å². The first kappa shape index (κ1) is 13.0. The lowest BCUT2D eigenvalue weighted by Gasteiger charge is -2.10. The van der Waals surface area contributed by atoms with E-state index in [9.17, 15) is 9.59 Å². The number of amides is 2. The van der Waals surface area contributed by atoms with Crippen molar-refractivity contribution in [3.8, 4) is 0 Å². The van der Waals surface area contributed by atoms with Gasteiger partial charge in [-0.05, 0) is 13.3 Å². The van der Waals surface area contributed by atoms with Crippen molar-refractivity contribution in [1.29, 1.82) is 0 Å². The van der Waals surface area contributed by atoms with E-state index in [-0.39, 0.29) is 18.2 Å². The van der Waals surface area contributed by atoms with E-state index in [1.54, 1.807) is 17.2 Å². The van der Waals surface area contributed by atoms with Gasteiger partial charge in [-0.3, -0.25) is 19.3 Å². The van der Waals surface area contributed by atoms with Crippen molar-refractivity contribution in [2.45, 2.75) is 26.2 Å². The quantitative estimate of drug-likeness (QED) is 0.805. The summed E-state index contributed by atoms with van der Waals surface area (Å²) in [4.78, 5) is 33.7. The number of hydrogen-bond acceptors (Lipinski definition) is 5. The molecule has 1 aromatic heterocycles. The molecule has 1 fully saturated rings. The lowest BCUT2D eigenvalue weighted by molar-refractivity contribution is -0.132. The van der Waals surface area contributed by atoms with Gasteiger partial charge in [-0.25, -0.2) is 10.5 Å². The Hall–Kier alpha value is -1.47. The molecule has 7 heteroatoms. The molecule has 0 saturated carbocycles. The van der Waals surface area contributed by atoms with Gasteiger partial charge in [-0.15, -0.1) is 11.3 Å². The SMILES string of the molecule is CCONC(=O)Cc1csc(N2CCCC2=O)n1. The molecule has 1 aliphatic heterocycles. The molecule has 0 atom stereocenters. The van der Waals surface area contributed by atoms with Crippen LogP contribution in [0.1, 0.15) is 25.5 Å². The molecule has 0 radical (unpaired) electrons. The van der Waals surface area contributed by atoms with Gasteiger partial charge in [0.05, 0.1) is 18.7 Å². The van der Waals surface area contributed by atoms with Gasteiger partial charge in [0.25, 0.3) is 0 Å². The van der Waals surface area contributed by atoms with E-state index >= 15 is 0 Å². The highest BCUT2D eigenvalue weighted by Gasteiger charge is 2.24. The molecular formula is C11H15N3O3S. The highest BCUT2D eigenvalue weighted by atomic mass is 32.1. The Morgan fingerprint density at radius 1 is 1.67 bits per heavy atom. The van der Waals surface area contributed by atoms with Gasteiger partial charge < -0.3 is 0 Å². The number of thiazole rings is 1. The summed E-state index contributed by atoms with van der Waals surface area (Å²) in [6.07, 6.45) is 1.62. The molecule has 0 spiro atoms. The minimum atomic E-state index is -0.235. The van der Waals surface area contributed by atoms with Crippen molar-refractivity contribution < 1.29 is 14.4 Å². The van der Waals surface area contributed by atoms with E-state index in [0.29, 0.717) is 23.9 Å². The van der Waals surface area contributed by atoms with Crippen molar-refractivity contribution in [2.24, 2.45) is 0 Å². The molecule has 2 heterocycles. The van der Waals surface area contributed by atoms with Crippen LogP contribution in [0.2, 0.25) is 0 Å². The van der Waals surface area contributed by atoms with Crippen LogP contribution in [0.3, 0.4) is 0 Å². The Morgan fingerprint density at radius 2 is 2.50 bits per heavy atom. The number of carbonyl (C=O) groups is 2. The monoisotopic (exact) mass is 269 g/mol. The summed E-state index contributed by atoms with van der Waals surface area (Å²) in [6.45, 7) is 2.94. The molecule has 0 unspecified atom stereocenters. The molecule has 0 bridgehead atoms. The van der Waals surface area contributed by atoms with Crippen LogP contribution in [0.5, 0.6) is 0 Å². The Balaban J connectivity index is 1.93. The zero-order valence-corrected chi connectivity index (χ0v) is 11.0. The lowest BCUT2D eigenvalue weighted by Crippen LogP contribution is -2.26. The molecule has 2 rings (SSSR count). The summed E-state index contributed by atoms with van der Waals surface area (Å²) >= 11 is 1.39. The van der Waals surface area contributed by atoms with Crippen LogP contribution in [0.25, 0.3) is 0 Å². The van der Waals surface area contributed by atoms with Crippen molar-refractivity contribution >= 4 is 28.3 Å². The molecule has 6 nitrogen and oxygen atoms in total. The van der Waals surface area contributed by atoms with E-state index in [1.165, 1.54) is 11.3 Å². The molecule has 1 saturated heterocycles.